The van der Waals surface area contributed by atoms with Gasteiger partial charge in [0.05, 0.1) is 28.9 Å². The summed E-state index contributed by atoms with van der Waals surface area (Å²) in [6.07, 6.45) is 1.51. The first-order valence-electron chi connectivity index (χ1n) is 7.80. The smallest absolute Gasteiger partial charge is 0.258 e. The second-order valence-electron chi connectivity index (χ2n) is 6.29. The van der Waals surface area contributed by atoms with Gasteiger partial charge in [-0.1, -0.05) is 5.16 Å². The van der Waals surface area contributed by atoms with E-state index < -0.39 is 5.60 Å². The second-order valence-corrected chi connectivity index (χ2v) is 6.29. The molecule has 2 aromatic heterocycles. The first-order valence-corrected chi connectivity index (χ1v) is 7.80. The van der Waals surface area contributed by atoms with Crippen LogP contribution in [0.5, 0.6) is 0 Å². The Kier molecular flexibility index (Phi) is 4.08. The predicted molar refractivity (Wildman–Crippen MR) is 83.1 cm³/mol. The maximum atomic E-state index is 13.0. The average Bonchev–Trinajstić information content (AvgIpc) is 2.78. The number of nitrogens with zero attached hydrogens (tertiary/aromatic N) is 3. The maximum Gasteiger partial charge on any atom is 0.258 e. The zero-order valence-corrected chi connectivity index (χ0v) is 13.4. The molecule has 3 heterocycles. The number of amides is 1. The van der Waals surface area contributed by atoms with Crippen molar-refractivity contribution in [3.05, 3.63) is 23.0 Å². The number of likely N-dealkylation sites (tertiary alicyclic amines) is 1. The highest BCUT2D eigenvalue weighted by molar-refractivity contribution is 6.06. The molecule has 0 unspecified atom stereocenters. The molecule has 0 radical (unpaired) electrons. The van der Waals surface area contributed by atoms with Crippen LogP contribution < -0.4 is 0 Å². The molecule has 0 aliphatic carbocycles. The lowest BCUT2D eigenvalue weighted by Crippen LogP contribution is -2.36. The van der Waals surface area contributed by atoms with Gasteiger partial charge >= 0.3 is 0 Å². The molecular formula is C16H21N3O4. The fraction of sp³-hybridized carbons (Fsp3) is 0.562. The second kappa shape index (κ2) is 5.90. The van der Waals surface area contributed by atoms with E-state index in [1.54, 1.807) is 24.8 Å². The number of carbonyl (C=O) groups excluding carboxylic acids is 1. The number of aromatic nitrogens is 2. The summed E-state index contributed by atoms with van der Waals surface area (Å²) in [5.74, 6) is -0.117. The van der Waals surface area contributed by atoms with Gasteiger partial charge in [0.25, 0.3) is 11.6 Å². The molecule has 0 saturated carbocycles. The summed E-state index contributed by atoms with van der Waals surface area (Å²) < 4.78 is 5.18. The van der Waals surface area contributed by atoms with Crippen LogP contribution in [0.2, 0.25) is 0 Å². The van der Waals surface area contributed by atoms with Crippen molar-refractivity contribution in [2.24, 2.45) is 0 Å². The van der Waals surface area contributed by atoms with E-state index in [1.807, 2.05) is 0 Å². The number of hydrogen-bond donors (Lipinski definition) is 2. The minimum atomic E-state index is -1.09. The van der Waals surface area contributed by atoms with Crippen molar-refractivity contribution in [1.29, 1.82) is 0 Å². The molecule has 124 valence electrons. The van der Waals surface area contributed by atoms with Crippen molar-refractivity contribution in [3.8, 4) is 0 Å². The predicted octanol–water partition coefficient (Wildman–Crippen LogP) is 1.19. The van der Waals surface area contributed by atoms with Gasteiger partial charge in [0.15, 0.2) is 0 Å². The molecule has 2 aromatic rings. The van der Waals surface area contributed by atoms with Crippen molar-refractivity contribution in [3.63, 3.8) is 0 Å². The van der Waals surface area contributed by atoms with E-state index in [2.05, 4.69) is 10.1 Å². The molecule has 7 heteroatoms. The van der Waals surface area contributed by atoms with Gasteiger partial charge in [0.2, 0.25) is 0 Å². The molecule has 3 rings (SSSR count). The molecule has 2 N–H and O–H groups in total. The number of rotatable bonds is 2. The number of carbonyl (C=O) groups is 1. The Hall–Kier alpha value is -1.99. The van der Waals surface area contributed by atoms with Crippen molar-refractivity contribution in [2.45, 2.75) is 38.7 Å². The molecule has 1 atom stereocenters. The number of pyridine rings is 1. The Balaban J connectivity index is 1.93. The molecule has 1 fully saturated rings. The summed E-state index contributed by atoms with van der Waals surface area (Å²) in [5, 5.41) is 24.1. The third-order valence-electron chi connectivity index (χ3n) is 4.47. The van der Waals surface area contributed by atoms with Crippen molar-refractivity contribution < 1.29 is 19.5 Å². The van der Waals surface area contributed by atoms with Gasteiger partial charge in [0, 0.05) is 18.8 Å². The first kappa shape index (κ1) is 15.9. The van der Waals surface area contributed by atoms with Gasteiger partial charge in [-0.3, -0.25) is 4.79 Å². The monoisotopic (exact) mass is 319 g/mol. The van der Waals surface area contributed by atoms with Gasteiger partial charge in [-0.25, -0.2) is 4.98 Å². The lowest BCUT2D eigenvalue weighted by molar-refractivity contribution is -0.0250. The fourth-order valence-electron chi connectivity index (χ4n) is 3.10. The number of aliphatic hydroxyl groups is 2. The van der Waals surface area contributed by atoms with Crippen LogP contribution in [0.4, 0.5) is 0 Å². The Bertz CT molecular complexity index is 742. The van der Waals surface area contributed by atoms with E-state index in [4.69, 9.17) is 4.52 Å². The quantitative estimate of drug-likeness (QED) is 0.862. The van der Waals surface area contributed by atoms with Crippen LogP contribution in [0.15, 0.2) is 10.6 Å². The Morgan fingerprint density at radius 1 is 1.39 bits per heavy atom. The Morgan fingerprint density at radius 2 is 2.17 bits per heavy atom. The van der Waals surface area contributed by atoms with E-state index in [9.17, 15) is 15.0 Å². The Morgan fingerprint density at radius 3 is 2.91 bits per heavy atom. The summed E-state index contributed by atoms with van der Waals surface area (Å²) in [4.78, 5) is 18.9. The van der Waals surface area contributed by atoms with Crippen LogP contribution in [0.25, 0.3) is 11.1 Å². The fourth-order valence-corrected chi connectivity index (χ4v) is 3.10. The van der Waals surface area contributed by atoms with Crippen LogP contribution in [0.3, 0.4) is 0 Å². The topological polar surface area (TPSA) is 99.7 Å². The zero-order valence-electron chi connectivity index (χ0n) is 13.4. The van der Waals surface area contributed by atoms with Gasteiger partial charge in [-0.05, 0) is 39.2 Å². The molecule has 1 aliphatic heterocycles. The van der Waals surface area contributed by atoms with Gasteiger partial charge in [-0.2, -0.15) is 0 Å². The molecule has 0 aromatic carbocycles. The lowest BCUT2D eigenvalue weighted by Gasteiger charge is -2.24. The largest absolute Gasteiger partial charge is 0.393 e. The van der Waals surface area contributed by atoms with Crippen LogP contribution in [-0.4, -0.2) is 56.5 Å². The van der Waals surface area contributed by atoms with Crippen LogP contribution in [0.1, 0.15) is 41.0 Å². The van der Waals surface area contributed by atoms with E-state index in [-0.39, 0.29) is 12.5 Å². The van der Waals surface area contributed by atoms with Crippen LogP contribution >= 0.6 is 0 Å². The molecular weight excluding hydrogens is 298 g/mol. The van der Waals surface area contributed by atoms with Gasteiger partial charge in [0.1, 0.15) is 0 Å². The van der Waals surface area contributed by atoms with E-state index in [0.717, 1.165) is 0 Å². The highest BCUT2D eigenvalue weighted by atomic mass is 16.5. The first-order chi connectivity index (χ1) is 10.9. The molecule has 1 aliphatic rings. The zero-order chi connectivity index (χ0) is 16.6. The third kappa shape index (κ3) is 2.94. The number of hydrogen-bond acceptors (Lipinski definition) is 6. The summed E-state index contributed by atoms with van der Waals surface area (Å²) in [6, 6.07) is 1.75. The van der Waals surface area contributed by atoms with Gasteiger partial charge in [-0.15, -0.1) is 0 Å². The van der Waals surface area contributed by atoms with Crippen molar-refractivity contribution in [2.75, 3.05) is 19.7 Å². The van der Waals surface area contributed by atoms with Crippen molar-refractivity contribution >= 4 is 17.0 Å². The highest BCUT2D eigenvalue weighted by Crippen LogP contribution is 2.26. The Labute approximate surface area is 133 Å². The van der Waals surface area contributed by atoms with E-state index in [1.165, 1.54) is 0 Å². The minimum absolute atomic E-state index is 0.117. The van der Waals surface area contributed by atoms with Crippen LogP contribution in [-0.2, 0) is 0 Å². The highest BCUT2D eigenvalue weighted by Gasteiger charge is 2.32. The molecule has 0 spiro atoms. The summed E-state index contributed by atoms with van der Waals surface area (Å²) in [6.45, 7) is 4.27. The maximum absolute atomic E-state index is 13.0. The average molecular weight is 319 g/mol. The molecule has 23 heavy (non-hydrogen) atoms. The number of aliphatic hydroxyl groups excluding tert-OH is 1. The van der Waals surface area contributed by atoms with Crippen molar-refractivity contribution in [1.82, 2.24) is 15.0 Å². The lowest BCUT2D eigenvalue weighted by atomic mass is 9.96. The van der Waals surface area contributed by atoms with E-state index >= 15 is 0 Å². The summed E-state index contributed by atoms with van der Waals surface area (Å²) in [7, 11) is 0. The number of fused-ring (bicyclic) bond motifs is 1. The standard InChI is InChI=1S/C16H21N3O4/c1-10-8-12(13-11(2)18-23-14(13)17-10)15(21)19-6-3-4-16(22,9-20)5-7-19/h8,20,22H,3-7,9H2,1-2H3/t16-/m1/s1. The number of aryl methyl sites for hydroxylation is 2. The molecule has 1 amide bonds. The minimum Gasteiger partial charge on any atom is -0.393 e. The molecule has 0 bridgehead atoms. The third-order valence-corrected chi connectivity index (χ3v) is 4.47. The van der Waals surface area contributed by atoms with E-state index in [0.29, 0.717) is 60.4 Å². The normalized spacial score (nSPS) is 22.3. The summed E-state index contributed by atoms with van der Waals surface area (Å²) >= 11 is 0. The SMILES string of the molecule is Cc1cc(C(=O)N2CCC[C@](O)(CO)CC2)c2c(C)noc2n1. The summed E-state index contributed by atoms with van der Waals surface area (Å²) in [5.41, 5.74) is 1.13. The molecule has 7 nitrogen and oxygen atoms in total. The van der Waals surface area contributed by atoms with Crippen LogP contribution in [0, 0.1) is 13.8 Å². The van der Waals surface area contributed by atoms with Gasteiger partial charge < -0.3 is 19.6 Å². The molecule has 1 saturated heterocycles.